The fraction of sp³-hybridized carbons (Fsp3) is 0.300. The van der Waals surface area contributed by atoms with Gasteiger partial charge in [-0.05, 0) is 6.92 Å². The van der Waals surface area contributed by atoms with Crippen LogP contribution in [-0.2, 0) is 11.2 Å². The van der Waals surface area contributed by atoms with Crippen molar-refractivity contribution in [3.05, 3.63) is 34.8 Å². The third-order valence-corrected chi connectivity index (χ3v) is 3.11. The number of rotatable bonds is 3. The lowest BCUT2D eigenvalue weighted by atomic mass is 10.3. The number of aryl methyl sites for hydroxylation is 1. The fourth-order valence-electron chi connectivity index (χ4n) is 1.24. The lowest BCUT2D eigenvalue weighted by Gasteiger charge is -2.03. The Hall–Kier alpha value is -1.69. The summed E-state index contributed by atoms with van der Waals surface area (Å²) in [4.78, 5) is 20.5. The van der Waals surface area contributed by atoms with Crippen molar-refractivity contribution in [1.29, 1.82) is 0 Å². The minimum Gasteiger partial charge on any atom is -0.449 e. The predicted molar refractivity (Wildman–Crippen MR) is 59.5 cm³/mol. The van der Waals surface area contributed by atoms with Gasteiger partial charge in [0.15, 0.2) is 0 Å². The van der Waals surface area contributed by atoms with E-state index in [9.17, 15) is 4.79 Å². The SMILES string of the molecule is Cc1ncsc1CCOC(=O)n1ccnc1. The van der Waals surface area contributed by atoms with Crippen LogP contribution in [0.25, 0.3) is 0 Å². The molecule has 0 spiro atoms. The van der Waals surface area contributed by atoms with E-state index in [0.29, 0.717) is 13.0 Å². The Bertz CT molecular complexity index is 464. The maximum absolute atomic E-state index is 11.4. The van der Waals surface area contributed by atoms with E-state index in [1.165, 1.54) is 17.1 Å². The molecule has 0 aliphatic heterocycles. The van der Waals surface area contributed by atoms with Gasteiger partial charge in [0, 0.05) is 23.7 Å². The zero-order valence-electron chi connectivity index (χ0n) is 8.79. The molecule has 0 aliphatic carbocycles. The Balaban J connectivity index is 1.81. The number of nitrogens with zero attached hydrogens (tertiary/aromatic N) is 3. The Labute approximate surface area is 96.7 Å². The highest BCUT2D eigenvalue weighted by Crippen LogP contribution is 2.12. The van der Waals surface area contributed by atoms with Gasteiger partial charge >= 0.3 is 6.09 Å². The summed E-state index contributed by atoms with van der Waals surface area (Å²) in [5.41, 5.74) is 2.80. The molecule has 0 unspecified atom stereocenters. The van der Waals surface area contributed by atoms with Crippen LogP contribution in [-0.4, -0.2) is 27.2 Å². The fourth-order valence-corrected chi connectivity index (χ4v) is 2.00. The average Bonchev–Trinajstić information content (AvgIpc) is 2.90. The van der Waals surface area contributed by atoms with Crippen molar-refractivity contribution in [3.8, 4) is 0 Å². The zero-order valence-corrected chi connectivity index (χ0v) is 9.61. The van der Waals surface area contributed by atoms with E-state index in [1.807, 2.05) is 6.92 Å². The van der Waals surface area contributed by atoms with E-state index in [-0.39, 0.29) is 0 Å². The molecule has 16 heavy (non-hydrogen) atoms. The summed E-state index contributed by atoms with van der Waals surface area (Å²) < 4.78 is 6.38. The van der Waals surface area contributed by atoms with Crippen LogP contribution in [0.4, 0.5) is 4.79 Å². The second-order valence-corrected chi connectivity index (χ2v) is 4.13. The number of hydrogen-bond acceptors (Lipinski definition) is 5. The standard InChI is InChI=1S/C10H11N3O2S/c1-8-9(16-7-12-8)2-5-15-10(14)13-4-3-11-6-13/h3-4,6-7H,2,5H2,1H3. The topological polar surface area (TPSA) is 57.0 Å². The minimum atomic E-state index is -0.403. The van der Waals surface area contributed by atoms with Crippen molar-refractivity contribution in [2.45, 2.75) is 13.3 Å². The molecule has 0 radical (unpaired) electrons. The summed E-state index contributed by atoms with van der Waals surface area (Å²) in [7, 11) is 0. The van der Waals surface area contributed by atoms with E-state index in [2.05, 4.69) is 9.97 Å². The van der Waals surface area contributed by atoms with Gasteiger partial charge in [-0.15, -0.1) is 11.3 Å². The number of thiazole rings is 1. The first kappa shape index (κ1) is 10.8. The molecule has 0 aliphatic rings. The summed E-state index contributed by atoms with van der Waals surface area (Å²) in [6, 6.07) is 0. The predicted octanol–water partition coefficient (Wildman–Crippen LogP) is 1.88. The van der Waals surface area contributed by atoms with Gasteiger partial charge in [-0.3, -0.25) is 0 Å². The second kappa shape index (κ2) is 4.89. The summed E-state index contributed by atoms with van der Waals surface area (Å²) in [5.74, 6) is 0. The summed E-state index contributed by atoms with van der Waals surface area (Å²) in [5, 5.41) is 0. The molecule has 2 heterocycles. The largest absolute Gasteiger partial charge is 0.449 e. The number of carbonyl (C=O) groups is 1. The van der Waals surface area contributed by atoms with Crippen LogP contribution in [0.3, 0.4) is 0 Å². The number of aromatic nitrogens is 3. The molecule has 0 saturated carbocycles. The van der Waals surface area contributed by atoms with Crippen LogP contribution in [0.5, 0.6) is 0 Å². The molecule has 6 heteroatoms. The van der Waals surface area contributed by atoms with Crippen molar-refractivity contribution >= 4 is 17.4 Å². The van der Waals surface area contributed by atoms with Crippen LogP contribution in [0.15, 0.2) is 24.2 Å². The molecule has 0 N–H and O–H groups in total. The third kappa shape index (κ3) is 2.46. The number of carbonyl (C=O) groups excluding carboxylic acids is 1. The Morgan fingerprint density at radius 1 is 1.62 bits per heavy atom. The highest BCUT2D eigenvalue weighted by molar-refractivity contribution is 7.09. The molecule has 2 rings (SSSR count). The minimum absolute atomic E-state index is 0.361. The van der Waals surface area contributed by atoms with Crippen LogP contribution in [0, 0.1) is 6.92 Å². The van der Waals surface area contributed by atoms with Crippen LogP contribution in [0.1, 0.15) is 10.6 Å². The average molecular weight is 237 g/mol. The van der Waals surface area contributed by atoms with Gasteiger partial charge in [-0.1, -0.05) is 0 Å². The molecule has 2 aromatic rings. The maximum atomic E-state index is 11.4. The summed E-state index contributed by atoms with van der Waals surface area (Å²) in [6.07, 6.45) is 4.81. The Morgan fingerprint density at radius 3 is 3.12 bits per heavy atom. The molecule has 0 fully saturated rings. The van der Waals surface area contributed by atoms with Crippen molar-refractivity contribution in [1.82, 2.24) is 14.5 Å². The van der Waals surface area contributed by atoms with Gasteiger partial charge in [0.25, 0.3) is 0 Å². The van der Waals surface area contributed by atoms with E-state index in [4.69, 9.17) is 4.74 Å². The van der Waals surface area contributed by atoms with Crippen molar-refractivity contribution in [2.75, 3.05) is 6.61 Å². The summed E-state index contributed by atoms with van der Waals surface area (Å²) >= 11 is 1.58. The van der Waals surface area contributed by atoms with Crippen LogP contribution >= 0.6 is 11.3 Å². The van der Waals surface area contributed by atoms with Crippen molar-refractivity contribution < 1.29 is 9.53 Å². The molecule has 0 amide bonds. The first-order valence-corrected chi connectivity index (χ1v) is 5.69. The lowest BCUT2D eigenvalue weighted by Crippen LogP contribution is -2.13. The normalized spacial score (nSPS) is 10.3. The monoisotopic (exact) mass is 237 g/mol. The molecule has 84 valence electrons. The van der Waals surface area contributed by atoms with Crippen LogP contribution in [0.2, 0.25) is 0 Å². The smallest absolute Gasteiger partial charge is 0.419 e. The van der Waals surface area contributed by atoms with Gasteiger partial charge in [-0.25, -0.2) is 19.3 Å². The van der Waals surface area contributed by atoms with Crippen LogP contribution < -0.4 is 0 Å². The van der Waals surface area contributed by atoms with E-state index in [0.717, 1.165) is 10.6 Å². The maximum Gasteiger partial charge on any atom is 0.419 e. The zero-order chi connectivity index (χ0) is 11.4. The van der Waals surface area contributed by atoms with Gasteiger partial charge in [-0.2, -0.15) is 0 Å². The first-order chi connectivity index (χ1) is 7.77. The first-order valence-electron chi connectivity index (χ1n) is 4.81. The molecule has 0 aromatic carbocycles. The quantitative estimate of drug-likeness (QED) is 0.817. The summed E-state index contributed by atoms with van der Waals surface area (Å²) in [6.45, 7) is 2.31. The molecule has 0 atom stereocenters. The van der Waals surface area contributed by atoms with Gasteiger partial charge in [0.1, 0.15) is 6.33 Å². The Morgan fingerprint density at radius 2 is 2.50 bits per heavy atom. The highest BCUT2D eigenvalue weighted by atomic mass is 32.1. The molecule has 0 saturated heterocycles. The van der Waals surface area contributed by atoms with Gasteiger partial charge in [0.05, 0.1) is 17.8 Å². The molecule has 0 bridgehead atoms. The van der Waals surface area contributed by atoms with Crippen molar-refractivity contribution in [3.63, 3.8) is 0 Å². The van der Waals surface area contributed by atoms with E-state index < -0.39 is 6.09 Å². The molecular formula is C10H11N3O2S. The number of hydrogen-bond donors (Lipinski definition) is 0. The molecular weight excluding hydrogens is 226 g/mol. The molecule has 2 aromatic heterocycles. The number of ether oxygens (including phenoxy) is 1. The molecule has 5 nitrogen and oxygen atoms in total. The number of imidazole rings is 1. The third-order valence-electron chi connectivity index (χ3n) is 2.11. The highest BCUT2D eigenvalue weighted by Gasteiger charge is 2.06. The van der Waals surface area contributed by atoms with Gasteiger partial charge in [0.2, 0.25) is 0 Å². The lowest BCUT2D eigenvalue weighted by molar-refractivity contribution is 0.149. The van der Waals surface area contributed by atoms with E-state index >= 15 is 0 Å². The van der Waals surface area contributed by atoms with Crippen molar-refractivity contribution in [2.24, 2.45) is 0 Å². The second-order valence-electron chi connectivity index (χ2n) is 3.20. The van der Waals surface area contributed by atoms with Gasteiger partial charge < -0.3 is 4.74 Å². The Kier molecular flexibility index (Phi) is 3.31. The van der Waals surface area contributed by atoms with E-state index in [1.54, 1.807) is 23.0 Å².